The molecule has 78 valence electrons. The summed E-state index contributed by atoms with van der Waals surface area (Å²) in [5, 5.41) is 20.2. The molecule has 13 heavy (non-hydrogen) atoms. The Bertz CT molecular complexity index is 163. The van der Waals surface area contributed by atoms with Gasteiger partial charge in [0.25, 0.3) is 0 Å². The Morgan fingerprint density at radius 1 is 1.46 bits per heavy atom. The van der Waals surface area contributed by atoms with Crippen LogP contribution in [0.4, 0.5) is 0 Å². The van der Waals surface area contributed by atoms with Crippen LogP contribution >= 0.6 is 0 Å². The number of carboxylic acids is 1. The predicted molar refractivity (Wildman–Crippen MR) is 50.6 cm³/mol. The first-order valence-corrected chi connectivity index (χ1v) is 4.44. The van der Waals surface area contributed by atoms with Crippen LogP contribution in [-0.4, -0.2) is 35.4 Å². The molecule has 0 aliphatic carbocycles. The van der Waals surface area contributed by atoms with Crippen LogP contribution in [0.2, 0.25) is 0 Å². The molecule has 0 heterocycles. The molecule has 0 rings (SSSR count). The lowest BCUT2D eigenvalue weighted by Crippen LogP contribution is -2.41. The van der Waals surface area contributed by atoms with Crippen LogP contribution in [0.5, 0.6) is 0 Å². The van der Waals surface area contributed by atoms with Gasteiger partial charge in [0.1, 0.15) is 6.04 Å². The summed E-state index contributed by atoms with van der Waals surface area (Å²) >= 11 is 0. The van der Waals surface area contributed by atoms with Crippen molar-refractivity contribution in [2.45, 2.75) is 33.2 Å². The Morgan fingerprint density at radius 2 is 2.00 bits per heavy atom. The second-order valence-corrected chi connectivity index (χ2v) is 4.34. The van der Waals surface area contributed by atoms with E-state index in [1.54, 1.807) is 0 Å². The molecule has 0 spiro atoms. The zero-order valence-electron chi connectivity index (χ0n) is 8.50. The van der Waals surface area contributed by atoms with Crippen LogP contribution in [0.25, 0.3) is 0 Å². The highest BCUT2D eigenvalue weighted by atomic mass is 16.4. The van der Waals surface area contributed by atoms with Crippen LogP contribution in [-0.2, 0) is 4.79 Å². The Hall–Kier alpha value is -0.610. The zero-order chi connectivity index (χ0) is 10.5. The van der Waals surface area contributed by atoms with E-state index in [9.17, 15) is 4.79 Å². The van der Waals surface area contributed by atoms with Gasteiger partial charge in [-0.1, -0.05) is 20.8 Å². The van der Waals surface area contributed by atoms with E-state index in [2.05, 4.69) is 5.32 Å². The Balaban J connectivity index is 3.90. The van der Waals surface area contributed by atoms with Gasteiger partial charge in [0.05, 0.1) is 0 Å². The molecule has 0 aliphatic rings. The summed E-state index contributed by atoms with van der Waals surface area (Å²) < 4.78 is 0. The molecule has 1 unspecified atom stereocenters. The van der Waals surface area contributed by atoms with Crippen molar-refractivity contribution in [3.63, 3.8) is 0 Å². The smallest absolute Gasteiger partial charge is 0.320 e. The van der Waals surface area contributed by atoms with Crippen LogP contribution in [0.1, 0.15) is 27.2 Å². The number of nitrogens with one attached hydrogen (secondary N) is 1. The number of carboxylic acid groups (broad SMARTS) is 1. The normalized spacial score (nSPS) is 14.2. The third kappa shape index (κ3) is 6.54. The molecule has 4 nitrogen and oxygen atoms in total. The molecular formula is C9H19NO3. The SMILES string of the molecule is CC(C)(C)CNC(CCO)C(=O)O. The van der Waals surface area contributed by atoms with Gasteiger partial charge in [0, 0.05) is 13.2 Å². The molecule has 4 heteroatoms. The van der Waals surface area contributed by atoms with Crippen molar-refractivity contribution in [3.05, 3.63) is 0 Å². The summed E-state index contributed by atoms with van der Waals surface area (Å²) in [5.74, 6) is -0.904. The molecule has 0 amide bonds. The molecule has 0 saturated carbocycles. The average molecular weight is 189 g/mol. The number of aliphatic hydroxyl groups excluding tert-OH is 1. The summed E-state index contributed by atoms with van der Waals surface area (Å²) in [6.07, 6.45) is 0.255. The molecule has 0 fully saturated rings. The minimum Gasteiger partial charge on any atom is -0.480 e. The average Bonchev–Trinajstić information content (AvgIpc) is 1.95. The Labute approximate surface area is 79.0 Å². The molecule has 0 aromatic heterocycles. The lowest BCUT2D eigenvalue weighted by Gasteiger charge is -2.22. The van der Waals surface area contributed by atoms with Gasteiger partial charge >= 0.3 is 5.97 Å². The maximum Gasteiger partial charge on any atom is 0.320 e. The monoisotopic (exact) mass is 189 g/mol. The standard InChI is InChI=1S/C9H19NO3/c1-9(2,3)6-10-7(4-5-11)8(12)13/h7,10-11H,4-6H2,1-3H3,(H,12,13). The number of rotatable bonds is 5. The van der Waals surface area contributed by atoms with Crippen LogP contribution in [0, 0.1) is 5.41 Å². The lowest BCUT2D eigenvalue weighted by atomic mass is 9.96. The largest absolute Gasteiger partial charge is 0.480 e. The first-order valence-electron chi connectivity index (χ1n) is 4.44. The topological polar surface area (TPSA) is 69.6 Å². The van der Waals surface area contributed by atoms with E-state index in [1.165, 1.54) is 0 Å². The highest BCUT2D eigenvalue weighted by Crippen LogP contribution is 2.11. The zero-order valence-corrected chi connectivity index (χ0v) is 8.50. The van der Waals surface area contributed by atoms with E-state index in [1.807, 2.05) is 20.8 Å². The van der Waals surface area contributed by atoms with Crippen molar-refractivity contribution in [2.75, 3.05) is 13.2 Å². The first kappa shape index (κ1) is 12.4. The fourth-order valence-electron chi connectivity index (χ4n) is 0.871. The van der Waals surface area contributed by atoms with Crippen LogP contribution < -0.4 is 5.32 Å². The molecule has 0 radical (unpaired) electrons. The third-order valence-electron chi connectivity index (χ3n) is 1.59. The second kappa shape index (κ2) is 5.19. The highest BCUT2D eigenvalue weighted by Gasteiger charge is 2.19. The van der Waals surface area contributed by atoms with E-state index < -0.39 is 12.0 Å². The first-order chi connectivity index (χ1) is 5.87. The van der Waals surface area contributed by atoms with Gasteiger partial charge in [-0.2, -0.15) is 0 Å². The molecule has 0 aromatic rings. The van der Waals surface area contributed by atoms with Gasteiger partial charge in [-0.05, 0) is 11.8 Å². The Morgan fingerprint density at radius 3 is 2.31 bits per heavy atom. The summed E-state index contributed by atoms with van der Waals surface area (Å²) in [6.45, 7) is 6.60. The fourth-order valence-corrected chi connectivity index (χ4v) is 0.871. The summed E-state index contributed by atoms with van der Waals surface area (Å²) in [4.78, 5) is 10.6. The molecule has 0 bridgehead atoms. The summed E-state index contributed by atoms with van der Waals surface area (Å²) in [6, 6.07) is -0.635. The molecule has 0 saturated heterocycles. The van der Waals surface area contributed by atoms with E-state index in [4.69, 9.17) is 10.2 Å². The third-order valence-corrected chi connectivity index (χ3v) is 1.59. The molecular weight excluding hydrogens is 170 g/mol. The highest BCUT2D eigenvalue weighted by molar-refractivity contribution is 5.73. The molecule has 1 atom stereocenters. The van der Waals surface area contributed by atoms with Crippen molar-refractivity contribution in [1.29, 1.82) is 0 Å². The van der Waals surface area contributed by atoms with Gasteiger partial charge in [-0.15, -0.1) is 0 Å². The number of hydrogen-bond donors (Lipinski definition) is 3. The van der Waals surface area contributed by atoms with Gasteiger partial charge in [-0.3, -0.25) is 4.79 Å². The summed E-state index contributed by atoms with van der Waals surface area (Å²) in [7, 11) is 0. The predicted octanol–water partition coefficient (Wildman–Crippen LogP) is 0.458. The maximum absolute atomic E-state index is 10.6. The van der Waals surface area contributed by atoms with Crippen LogP contribution in [0.3, 0.4) is 0 Å². The van der Waals surface area contributed by atoms with E-state index in [0.717, 1.165) is 0 Å². The van der Waals surface area contributed by atoms with Gasteiger partial charge in [0.15, 0.2) is 0 Å². The Kier molecular flexibility index (Phi) is 4.95. The van der Waals surface area contributed by atoms with E-state index in [0.29, 0.717) is 6.54 Å². The second-order valence-electron chi connectivity index (χ2n) is 4.34. The fraction of sp³-hybridized carbons (Fsp3) is 0.889. The van der Waals surface area contributed by atoms with E-state index >= 15 is 0 Å². The van der Waals surface area contributed by atoms with Crippen molar-refractivity contribution < 1.29 is 15.0 Å². The van der Waals surface area contributed by atoms with Gasteiger partial charge < -0.3 is 15.5 Å². The van der Waals surface area contributed by atoms with Gasteiger partial charge in [-0.25, -0.2) is 0 Å². The van der Waals surface area contributed by atoms with Crippen molar-refractivity contribution in [2.24, 2.45) is 5.41 Å². The van der Waals surface area contributed by atoms with Crippen molar-refractivity contribution >= 4 is 5.97 Å². The minimum atomic E-state index is -0.904. The minimum absolute atomic E-state index is 0.0587. The maximum atomic E-state index is 10.6. The number of hydrogen-bond acceptors (Lipinski definition) is 3. The van der Waals surface area contributed by atoms with Crippen molar-refractivity contribution in [1.82, 2.24) is 5.32 Å². The molecule has 0 aromatic carbocycles. The van der Waals surface area contributed by atoms with Crippen molar-refractivity contribution in [3.8, 4) is 0 Å². The van der Waals surface area contributed by atoms with Crippen LogP contribution in [0.15, 0.2) is 0 Å². The summed E-state index contributed by atoms with van der Waals surface area (Å²) in [5.41, 5.74) is 0.0587. The molecule has 0 aliphatic heterocycles. The quantitative estimate of drug-likeness (QED) is 0.587. The number of aliphatic carboxylic acids is 1. The van der Waals surface area contributed by atoms with Gasteiger partial charge in [0.2, 0.25) is 0 Å². The lowest BCUT2D eigenvalue weighted by molar-refractivity contribution is -0.140. The number of carbonyl (C=O) groups is 1. The number of aliphatic hydroxyl groups is 1. The van der Waals surface area contributed by atoms with E-state index in [-0.39, 0.29) is 18.4 Å². The molecule has 3 N–H and O–H groups in total.